The molecule has 7 nitrogen and oxygen atoms in total. The number of nitriles is 3. The maximum Gasteiger partial charge on any atom is 0.313 e. The van der Waals surface area contributed by atoms with Crippen LogP contribution in [0, 0.1) is 45.3 Å². The lowest BCUT2D eigenvalue weighted by Crippen LogP contribution is -2.27. The van der Waals surface area contributed by atoms with Crippen LogP contribution in [0.5, 0.6) is 0 Å². The Morgan fingerprint density at radius 1 is 0.929 bits per heavy atom. The number of carbonyl (C=O) groups excluding carboxylic acids is 2. The van der Waals surface area contributed by atoms with Gasteiger partial charge in [-0.1, -0.05) is 20.8 Å². The van der Waals surface area contributed by atoms with Crippen molar-refractivity contribution in [1.29, 1.82) is 15.8 Å². The molecule has 0 bridgehead atoms. The number of methoxy groups -OCH3 is 2. The highest BCUT2D eigenvalue weighted by Gasteiger charge is 2.34. The number of benzene rings is 1. The summed E-state index contributed by atoms with van der Waals surface area (Å²) in [4.78, 5) is 24.8. The minimum Gasteiger partial charge on any atom is -0.469 e. The molecule has 0 amide bonds. The second-order valence-electron chi connectivity index (χ2n) is 7.62. The molecule has 2 unspecified atom stereocenters. The van der Waals surface area contributed by atoms with Crippen LogP contribution in [0.15, 0.2) is 12.1 Å². The first-order chi connectivity index (χ1) is 13.1. The average molecular weight is 381 g/mol. The first-order valence-electron chi connectivity index (χ1n) is 8.65. The van der Waals surface area contributed by atoms with E-state index >= 15 is 0 Å². The fourth-order valence-corrected chi connectivity index (χ4v) is 3.13. The molecule has 7 heteroatoms. The Kier molecular flexibility index (Phi) is 7.72. The lowest BCUT2D eigenvalue weighted by atomic mass is 9.78. The van der Waals surface area contributed by atoms with Crippen molar-refractivity contribution >= 4 is 11.9 Å². The molecule has 0 heterocycles. The minimum atomic E-state index is -0.953. The van der Waals surface area contributed by atoms with E-state index in [2.05, 4.69) is 0 Å². The van der Waals surface area contributed by atoms with E-state index in [0.717, 1.165) is 0 Å². The average Bonchev–Trinajstić information content (AvgIpc) is 2.67. The highest BCUT2D eigenvalue weighted by Crippen LogP contribution is 2.35. The summed E-state index contributed by atoms with van der Waals surface area (Å²) in [6.45, 7) is 5.89. The van der Waals surface area contributed by atoms with Crippen LogP contribution in [0.1, 0.15) is 61.8 Å². The number of hydrogen-bond donors (Lipinski definition) is 0. The summed E-state index contributed by atoms with van der Waals surface area (Å²) < 4.78 is 9.79. The molecule has 0 aliphatic rings. The first kappa shape index (κ1) is 22.7. The zero-order valence-electron chi connectivity index (χ0n) is 16.7. The molecule has 0 radical (unpaired) electrons. The van der Waals surface area contributed by atoms with Gasteiger partial charge in [0.05, 0.1) is 48.8 Å². The standard InChI is InChI=1S/C21H23N3O4/c1-21(2,3)9-13(19(25)27-4)7-18(20(26)28-5)17-8-15(11-23)14(10-22)6-16(17)12-24/h6,8,13,18H,7,9H2,1-5H3. The van der Waals surface area contributed by atoms with Gasteiger partial charge in [-0.3, -0.25) is 9.59 Å². The van der Waals surface area contributed by atoms with E-state index < -0.39 is 23.8 Å². The molecule has 0 aliphatic heterocycles. The molecule has 1 aromatic carbocycles. The third-order valence-corrected chi connectivity index (χ3v) is 4.33. The van der Waals surface area contributed by atoms with Crippen molar-refractivity contribution in [3.63, 3.8) is 0 Å². The highest BCUT2D eigenvalue weighted by atomic mass is 16.5. The van der Waals surface area contributed by atoms with Gasteiger partial charge in [-0.2, -0.15) is 15.8 Å². The monoisotopic (exact) mass is 381 g/mol. The molecule has 0 saturated carbocycles. The van der Waals surface area contributed by atoms with Crippen LogP contribution in [0.4, 0.5) is 0 Å². The third kappa shape index (κ3) is 5.56. The highest BCUT2D eigenvalue weighted by molar-refractivity contribution is 5.81. The third-order valence-electron chi connectivity index (χ3n) is 4.33. The van der Waals surface area contributed by atoms with E-state index in [9.17, 15) is 20.1 Å². The Morgan fingerprint density at radius 3 is 1.86 bits per heavy atom. The van der Waals surface area contributed by atoms with Gasteiger partial charge in [0.25, 0.3) is 0 Å². The predicted molar refractivity (Wildman–Crippen MR) is 99.5 cm³/mol. The summed E-state index contributed by atoms with van der Waals surface area (Å²) in [5.41, 5.74) is 0.236. The number of nitrogens with zero attached hydrogens (tertiary/aromatic N) is 3. The predicted octanol–water partition coefficient (Wildman–Crippen LogP) is 3.17. The largest absolute Gasteiger partial charge is 0.469 e. The molecular weight excluding hydrogens is 358 g/mol. The van der Waals surface area contributed by atoms with Gasteiger partial charge in [-0.05, 0) is 36.0 Å². The summed E-state index contributed by atoms with van der Waals surface area (Å²) in [7, 11) is 2.49. The van der Waals surface area contributed by atoms with Crippen LogP contribution in [-0.4, -0.2) is 26.2 Å². The molecule has 0 N–H and O–H groups in total. The topological polar surface area (TPSA) is 124 Å². The fraction of sp³-hybridized carbons (Fsp3) is 0.476. The Hall–Kier alpha value is -3.37. The molecule has 0 spiro atoms. The Bertz CT molecular complexity index is 879. The number of carbonyl (C=O) groups is 2. The molecule has 1 rings (SSSR count). The van der Waals surface area contributed by atoms with Crippen molar-refractivity contribution in [2.24, 2.45) is 11.3 Å². The van der Waals surface area contributed by atoms with Crippen molar-refractivity contribution in [1.82, 2.24) is 0 Å². The Labute approximate surface area is 165 Å². The Morgan fingerprint density at radius 2 is 1.43 bits per heavy atom. The molecule has 0 aliphatic carbocycles. The lowest BCUT2D eigenvalue weighted by Gasteiger charge is -2.27. The second kappa shape index (κ2) is 9.53. The molecular formula is C21H23N3O4. The van der Waals surface area contributed by atoms with Gasteiger partial charge in [0, 0.05) is 0 Å². The van der Waals surface area contributed by atoms with E-state index in [4.69, 9.17) is 14.7 Å². The Balaban J connectivity index is 3.53. The van der Waals surface area contributed by atoms with Crippen LogP contribution in [0.25, 0.3) is 0 Å². The lowest BCUT2D eigenvalue weighted by molar-refractivity contribution is -0.148. The van der Waals surface area contributed by atoms with E-state index in [0.29, 0.717) is 6.42 Å². The van der Waals surface area contributed by atoms with Gasteiger partial charge in [-0.15, -0.1) is 0 Å². The van der Waals surface area contributed by atoms with Crippen molar-refractivity contribution in [3.05, 3.63) is 34.4 Å². The molecule has 28 heavy (non-hydrogen) atoms. The van der Waals surface area contributed by atoms with Crippen molar-refractivity contribution < 1.29 is 19.1 Å². The van der Waals surface area contributed by atoms with Gasteiger partial charge in [-0.25, -0.2) is 0 Å². The van der Waals surface area contributed by atoms with Gasteiger partial charge in [0.1, 0.15) is 12.1 Å². The zero-order chi connectivity index (χ0) is 21.5. The molecule has 0 aromatic heterocycles. The molecule has 1 aromatic rings. The van der Waals surface area contributed by atoms with Crippen molar-refractivity contribution in [2.75, 3.05) is 14.2 Å². The first-order valence-corrected chi connectivity index (χ1v) is 8.65. The molecule has 2 atom stereocenters. The van der Waals surface area contributed by atoms with Crippen LogP contribution < -0.4 is 0 Å². The SMILES string of the molecule is COC(=O)C(CC(C(=O)OC)c1cc(C#N)c(C#N)cc1C#N)CC(C)(C)C. The van der Waals surface area contributed by atoms with E-state index in [1.54, 1.807) is 0 Å². The number of esters is 2. The molecule has 146 valence electrons. The van der Waals surface area contributed by atoms with Crippen LogP contribution in [-0.2, 0) is 19.1 Å². The van der Waals surface area contributed by atoms with E-state index in [-0.39, 0.29) is 34.1 Å². The smallest absolute Gasteiger partial charge is 0.313 e. The number of ether oxygens (including phenoxy) is 2. The van der Waals surface area contributed by atoms with E-state index in [1.807, 2.05) is 39.0 Å². The van der Waals surface area contributed by atoms with Gasteiger partial charge in [0.2, 0.25) is 0 Å². The van der Waals surface area contributed by atoms with Gasteiger partial charge >= 0.3 is 11.9 Å². The summed E-state index contributed by atoms with van der Waals surface area (Å²) in [5.74, 6) is -2.66. The number of rotatable bonds is 6. The van der Waals surface area contributed by atoms with Crippen molar-refractivity contribution in [2.45, 2.75) is 39.5 Å². The maximum atomic E-state index is 12.5. The molecule has 0 fully saturated rings. The summed E-state index contributed by atoms with van der Waals surface area (Å²) >= 11 is 0. The normalized spacial score (nSPS) is 12.6. The quantitative estimate of drug-likeness (QED) is 0.693. The van der Waals surface area contributed by atoms with Crippen molar-refractivity contribution in [3.8, 4) is 18.2 Å². The summed E-state index contributed by atoms with van der Waals surface area (Å²) in [6.07, 6.45) is 0.512. The van der Waals surface area contributed by atoms with Crippen LogP contribution in [0.2, 0.25) is 0 Å². The van der Waals surface area contributed by atoms with Gasteiger partial charge < -0.3 is 9.47 Å². The molecule has 0 saturated heterocycles. The summed E-state index contributed by atoms with van der Waals surface area (Å²) in [5, 5.41) is 28.0. The zero-order valence-corrected chi connectivity index (χ0v) is 16.7. The van der Waals surface area contributed by atoms with Gasteiger partial charge in [0.15, 0.2) is 0 Å². The number of hydrogen-bond acceptors (Lipinski definition) is 7. The van der Waals surface area contributed by atoms with Crippen LogP contribution >= 0.6 is 0 Å². The summed E-state index contributed by atoms with van der Waals surface area (Å²) in [6, 6.07) is 8.36. The minimum absolute atomic E-state index is 0.0469. The van der Waals surface area contributed by atoms with E-state index in [1.165, 1.54) is 26.4 Å². The fourth-order valence-electron chi connectivity index (χ4n) is 3.13. The maximum absolute atomic E-state index is 12.5. The van der Waals surface area contributed by atoms with Crippen LogP contribution in [0.3, 0.4) is 0 Å². The second-order valence-corrected chi connectivity index (χ2v) is 7.62.